The fraction of sp³-hybridized carbons (Fsp3) is 0.160. The number of aromatic nitrogens is 3. The molecule has 5 rings (SSSR count). The number of hydrogen-bond donors (Lipinski definition) is 1. The zero-order valence-corrected chi connectivity index (χ0v) is 20.1. The Labute approximate surface area is 201 Å². The number of nitrogens with one attached hydrogen (secondary N) is 1. The number of benzene rings is 1. The normalized spacial score (nSPS) is 18.1. The number of thiocarbonyl (C=S) groups is 1. The molecule has 1 N–H and O–H groups in total. The molecule has 0 saturated carbocycles. The first kappa shape index (κ1) is 20.8. The standard InChI is InChI=1S/C25H22BrN5S/c1-16-8-11-22(28-15-16)30-13-5-7-21(30)24-23(20-6-3-4-12-27-20)29-25(32)31(24)18-9-10-19(26)17(2)14-18/h3-15,23-24H,1-2H3,(H,29,32)/t23-,24-/m1/s1. The topological polar surface area (TPSA) is 46.0 Å². The van der Waals surface area contributed by atoms with Crippen molar-refractivity contribution < 1.29 is 0 Å². The van der Waals surface area contributed by atoms with E-state index < -0.39 is 0 Å². The van der Waals surface area contributed by atoms with Gasteiger partial charge in [0, 0.05) is 34.4 Å². The zero-order chi connectivity index (χ0) is 22.2. The van der Waals surface area contributed by atoms with Crippen molar-refractivity contribution in [2.45, 2.75) is 25.9 Å². The molecule has 1 aliphatic rings. The summed E-state index contributed by atoms with van der Waals surface area (Å²) in [6.07, 6.45) is 5.77. The summed E-state index contributed by atoms with van der Waals surface area (Å²) in [4.78, 5) is 11.5. The summed E-state index contributed by atoms with van der Waals surface area (Å²) >= 11 is 9.47. The third-order valence-electron chi connectivity index (χ3n) is 5.74. The van der Waals surface area contributed by atoms with Crippen LogP contribution in [0.3, 0.4) is 0 Å². The summed E-state index contributed by atoms with van der Waals surface area (Å²) in [5.74, 6) is 0.875. The number of nitrogens with zero attached hydrogens (tertiary/aromatic N) is 4. The van der Waals surface area contributed by atoms with E-state index in [9.17, 15) is 0 Å². The summed E-state index contributed by atoms with van der Waals surface area (Å²) in [5.41, 5.74) is 5.35. The molecule has 1 saturated heterocycles. The lowest BCUT2D eigenvalue weighted by Crippen LogP contribution is -2.30. The molecular formula is C25H22BrN5S. The van der Waals surface area contributed by atoms with Gasteiger partial charge in [-0.25, -0.2) is 4.98 Å². The van der Waals surface area contributed by atoms with E-state index in [-0.39, 0.29) is 12.1 Å². The maximum atomic E-state index is 5.85. The van der Waals surface area contributed by atoms with Gasteiger partial charge < -0.3 is 14.8 Å². The Morgan fingerprint density at radius 3 is 2.59 bits per heavy atom. The lowest BCUT2D eigenvalue weighted by atomic mass is 10.0. The number of pyridine rings is 2. The highest BCUT2D eigenvalue weighted by Crippen LogP contribution is 2.42. The van der Waals surface area contributed by atoms with Gasteiger partial charge in [0.2, 0.25) is 0 Å². The van der Waals surface area contributed by atoms with Gasteiger partial charge in [-0.2, -0.15) is 0 Å². The number of aryl methyl sites for hydroxylation is 2. The van der Waals surface area contributed by atoms with Crippen LogP contribution in [0.15, 0.2) is 83.7 Å². The monoisotopic (exact) mass is 503 g/mol. The molecule has 7 heteroatoms. The van der Waals surface area contributed by atoms with Crippen LogP contribution >= 0.6 is 28.1 Å². The highest BCUT2D eigenvalue weighted by molar-refractivity contribution is 9.10. The summed E-state index contributed by atoms with van der Waals surface area (Å²) in [6.45, 7) is 4.13. The molecule has 4 aromatic rings. The summed E-state index contributed by atoms with van der Waals surface area (Å²) in [5, 5.41) is 4.21. The van der Waals surface area contributed by atoms with Crippen LogP contribution < -0.4 is 10.2 Å². The van der Waals surface area contributed by atoms with E-state index in [2.05, 4.69) is 90.2 Å². The van der Waals surface area contributed by atoms with Gasteiger partial charge in [-0.1, -0.05) is 28.1 Å². The van der Waals surface area contributed by atoms with Gasteiger partial charge in [0.25, 0.3) is 0 Å². The van der Waals surface area contributed by atoms with Crippen LogP contribution in [-0.4, -0.2) is 19.6 Å². The van der Waals surface area contributed by atoms with E-state index in [0.717, 1.165) is 38.5 Å². The lowest BCUT2D eigenvalue weighted by molar-refractivity contribution is 0.548. The third-order valence-corrected chi connectivity index (χ3v) is 6.95. The largest absolute Gasteiger partial charge is 0.351 e. The second-order valence-corrected chi connectivity index (χ2v) is 9.17. The average Bonchev–Trinajstić information content (AvgIpc) is 3.41. The molecule has 0 bridgehead atoms. The minimum Gasteiger partial charge on any atom is -0.351 e. The number of anilines is 1. The zero-order valence-electron chi connectivity index (χ0n) is 17.7. The van der Waals surface area contributed by atoms with Crippen molar-refractivity contribution in [1.82, 2.24) is 19.9 Å². The Morgan fingerprint density at radius 1 is 1.00 bits per heavy atom. The van der Waals surface area contributed by atoms with Gasteiger partial charge >= 0.3 is 0 Å². The SMILES string of the molecule is Cc1ccc(-n2cccc2[C@@H]2[C@@H](c3ccccn3)NC(=S)N2c2ccc(Br)c(C)c2)nc1. The van der Waals surface area contributed by atoms with Crippen LogP contribution in [0.2, 0.25) is 0 Å². The van der Waals surface area contributed by atoms with Gasteiger partial charge in [-0.15, -0.1) is 0 Å². The molecule has 32 heavy (non-hydrogen) atoms. The van der Waals surface area contributed by atoms with Gasteiger partial charge in [0.15, 0.2) is 5.11 Å². The number of rotatable bonds is 4. The summed E-state index contributed by atoms with van der Waals surface area (Å²) in [7, 11) is 0. The molecule has 4 heterocycles. The molecule has 1 aromatic carbocycles. The van der Waals surface area contributed by atoms with E-state index in [1.807, 2.05) is 43.6 Å². The predicted molar refractivity (Wildman–Crippen MR) is 135 cm³/mol. The lowest BCUT2D eigenvalue weighted by Gasteiger charge is -2.29. The summed E-state index contributed by atoms with van der Waals surface area (Å²) in [6, 6.07) is 20.4. The van der Waals surface area contributed by atoms with Crippen molar-refractivity contribution in [1.29, 1.82) is 0 Å². The van der Waals surface area contributed by atoms with E-state index in [1.54, 1.807) is 0 Å². The van der Waals surface area contributed by atoms with Crippen LogP contribution in [0.25, 0.3) is 5.82 Å². The van der Waals surface area contributed by atoms with E-state index in [0.29, 0.717) is 5.11 Å². The molecule has 0 unspecified atom stereocenters. The maximum absolute atomic E-state index is 5.85. The van der Waals surface area contributed by atoms with Gasteiger partial charge in [0.1, 0.15) is 11.9 Å². The Balaban J connectivity index is 1.67. The van der Waals surface area contributed by atoms with E-state index in [1.165, 1.54) is 0 Å². The Kier molecular flexibility index (Phi) is 5.53. The first-order valence-electron chi connectivity index (χ1n) is 10.4. The molecule has 0 radical (unpaired) electrons. The molecular weight excluding hydrogens is 482 g/mol. The summed E-state index contributed by atoms with van der Waals surface area (Å²) < 4.78 is 3.21. The third kappa shape index (κ3) is 3.72. The highest BCUT2D eigenvalue weighted by atomic mass is 79.9. The van der Waals surface area contributed by atoms with Crippen LogP contribution in [-0.2, 0) is 0 Å². The van der Waals surface area contributed by atoms with Crippen molar-refractivity contribution in [2.24, 2.45) is 0 Å². The fourth-order valence-corrected chi connectivity index (χ4v) is 4.75. The molecule has 1 fully saturated rings. The first-order valence-corrected chi connectivity index (χ1v) is 11.6. The van der Waals surface area contributed by atoms with Crippen LogP contribution in [0.4, 0.5) is 5.69 Å². The molecule has 3 aromatic heterocycles. The molecule has 1 aliphatic heterocycles. The van der Waals surface area contributed by atoms with Gasteiger partial charge in [0.05, 0.1) is 11.7 Å². The van der Waals surface area contributed by atoms with Crippen molar-refractivity contribution in [3.63, 3.8) is 0 Å². The van der Waals surface area contributed by atoms with Crippen molar-refractivity contribution in [2.75, 3.05) is 4.90 Å². The molecule has 0 amide bonds. The molecule has 5 nitrogen and oxygen atoms in total. The van der Waals surface area contributed by atoms with Gasteiger partial charge in [-0.3, -0.25) is 4.98 Å². The van der Waals surface area contributed by atoms with E-state index in [4.69, 9.17) is 12.2 Å². The molecule has 0 aliphatic carbocycles. The number of halogens is 1. The molecule has 2 atom stereocenters. The Bertz CT molecular complexity index is 1270. The Morgan fingerprint density at radius 2 is 1.88 bits per heavy atom. The first-order chi connectivity index (χ1) is 15.5. The quantitative estimate of drug-likeness (QED) is 0.355. The number of hydrogen-bond acceptors (Lipinski definition) is 3. The smallest absolute Gasteiger partial charge is 0.174 e. The van der Waals surface area contributed by atoms with Crippen molar-refractivity contribution in [3.05, 3.63) is 106 Å². The Hall–Kier alpha value is -3.03. The van der Waals surface area contributed by atoms with Crippen LogP contribution in [0, 0.1) is 13.8 Å². The van der Waals surface area contributed by atoms with Crippen LogP contribution in [0.1, 0.15) is 34.6 Å². The molecule has 0 spiro atoms. The van der Waals surface area contributed by atoms with Crippen molar-refractivity contribution >= 4 is 38.9 Å². The second-order valence-electron chi connectivity index (χ2n) is 7.93. The second kappa shape index (κ2) is 8.48. The van der Waals surface area contributed by atoms with Gasteiger partial charge in [-0.05, 0) is 85.7 Å². The minimum atomic E-state index is -0.105. The fourth-order valence-electron chi connectivity index (χ4n) is 4.16. The average molecular weight is 504 g/mol. The minimum absolute atomic E-state index is 0.101. The van der Waals surface area contributed by atoms with Crippen molar-refractivity contribution in [3.8, 4) is 5.82 Å². The van der Waals surface area contributed by atoms with E-state index >= 15 is 0 Å². The maximum Gasteiger partial charge on any atom is 0.174 e. The molecule has 160 valence electrons. The highest BCUT2D eigenvalue weighted by Gasteiger charge is 2.42. The predicted octanol–water partition coefficient (Wildman–Crippen LogP) is 5.82. The van der Waals surface area contributed by atoms with Crippen LogP contribution in [0.5, 0.6) is 0 Å².